The first-order valence-corrected chi connectivity index (χ1v) is 5.09. The molecule has 0 atom stereocenters. The normalized spacial score (nSPS) is 12.7. The van der Waals surface area contributed by atoms with Crippen LogP contribution >= 0.6 is 0 Å². The molecule has 0 radical (unpaired) electrons. The Kier molecular flexibility index (Phi) is 3.08. The third-order valence-electron chi connectivity index (χ3n) is 2.24. The standard InChI is InChI=1S/C13H14O2/c1-2-11-5-7-12(8-6-11)14-9-3-4-13-10-15-13/h2,5-8,10H,1,3-4,9H2. The van der Waals surface area contributed by atoms with Crippen molar-refractivity contribution in [1.82, 2.24) is 0 Å². The molecule has 0 aliphatic carbocycles. The van der Waals surface area contributed by atoms with Crippen molar-refractivity contribution in [3.05, 3.63) is 48.4 Å². The van der Waals surface area contributed by atoms with Crippen LogP contribution in [-0.4, -0.2) is 6.61 Å². The highest BCUT2D eigenvalue weighted by atomic mass is 16.5. The van der Waals surface area contributed by atoms with Crippen LogP contribution in [0, 0.1) is 0 Å². The molecule has 0 spiro atoms. The van der Waals surface area contributed by atoms with Crippen molar-refractivity contribution in [1.29, 1.82) is 0 Å². The summed E-state index contributed by atoms with van der Waals surface area (Å²) in [4.78, 5) is 0. The summed E-state index contributed by atoms with van der Waals surface area (Å²) in [5, 5.41) is 0. The van der Waals surface area contributed by atoms with Gasteiger partial charge in [-0.2, -0.15) is 0 Å². The van der Waals surface area contributed by atoms with Crippen LogP contribution in [0.1, 0.15) is 18.4 Å². The maximum absolute atomic E-state index is 5.57. The average molecular weight is 202 g/mol. The largest absolute Gasteiger partial charge is 0.494 e. The molecular weight excluding hydrogens is 188 g/mol. The lowest BCUT2D eigenvalue weighted by molar-refractivity contribution is 0.306. The molecule has 0 bridgehead atoms. The van der Waals surface area contributed by atoms with E-state index in [9.17, 15) is 0 Å². The molecule has 0 unspecified atom stereocenters. The van der Waals surface area contributed by atoms with Gasteiger partial charge in [-0.3, -0.25) is 0 Å². The van der Waals surface area contributed by atoms with Gasteiger partial charge in [-0.05, 0) is 24.1 Å². The van der Waals surface area contributed by atoms with Gasteiger partial charge in [-0.25, -0.2) is 0 Å². The highest BCUT2D eigenvalue weighted by molar-refractivity contribution is 5.48. The van der Waals surface area contributed by atoms with Crippen LogP contribution in [0.15, 0.2) is 42.9 Å². The van der Waals surface area contributed by atoms with E-state index in [0.717, 1.165) is 36.5 Å². The van der Waals surface area contributed by atoms with Crippen molar-refractivity contribution in [3.8, 4) is 5.75 Å². The molecule has 0 fully saturated rings. The summed E-state index contributed by atoms with van der Waals surface area (Å²) in [6.07, 6.45) is 5.57. The molecule has 15 heavy (non-hydrogen) atoms. The first-order valence-electron chi connectivity index (χ1n) is 5.09. The number of benzene rings is 1. The van der Waals surface area contributed by atoms with Gasteiger partial charge in [0.05, 0.1) is 6.61 Å². The average Bonchev–Trinajstić information content (AvgIpc) is 3.09. The molecule has 0 saturated heterocycles. The van der Waals surface area contributed by atoms with Gasteiger partial charge in [0.1, 0.15) is 17.8 Å². The van der Waals surface area contributed by atoms with Gasteiger partial charge in [0.2, 0.25) is 0 Å². The van der Waals surface area contributed by atoms with Gasteiger partial charge in [-0.1, -0.05) is 24.8 Å². The number of hydrogen-bond acceptors (Lipinski definition) is 2. The minimum atomic E-state index is 0.730. The SMILES string of the molecule is C=Cc1ccc(OCCCC2=CO2)cc1. The summed E-state index contributed by atoms with van der Waals surface area (Å²) in [6, 6.07) is 7.91. The predicted molar refractivity (Wildman–Crippen MR) is 60.4 cm³/mol. The predicted octanol–water partition coefficient (Wildman–Crippen LogP) is 3.36. The second-order valence-corrected chi connectivity index (χ2v) is 3.43. The first kappa shape index (κ1) is 9.84. The zero-order valence-corrected chi connectivity index (χ0v) is 8.61. The zero-order valence-electron chi connectivity index (χ0n) is 8.61. The maximum Gasteiger partial charge on any atom is 0.138 e. The van der Waals surface area contributed by atoms with Crippen molar-refractivity contribution < 1.29 is 9.47 Å². The monoisotopic (exact) mass is 202 g/mol. The Labute approximate surface area is 89.8 Å². The van der Waals surface area contributed by atoms with E-state index in [1.165, 1.54) is 0 Å². The Morgan fingerprint density at radius 3 is 2.60 bits per heavy atom. The molecule has 1 heterocycles. The molecule has 1 aromatic carbocycles. The van der Waals surface area contributed by atoms with Gasteiger partial charge in [-0.15, -0.1) is 0 Å². The maximum atomic E-state index is 5.57. The van der Waals surface area contributed by atoms with Gasteiger partial charge in [0.15, 0.2) is 0 Å². The van der Waals surface area contributed by atoms with Crippen LogP contribution in [-0.2, 0) is 4.74 Å². The fraction of sp³-hybridized carbons (Fsp3) is 0.231. The molecule has 2 heteroatoms. The molecule has 78 valence electrons. The minimum Gasteiger partial charge on any atom is -0.494 e. The molecule has 0 saturated carbocycles. The van der Waals surface area contributed by atoms with Crippen molar-refractivity contribution in [2.45, 2.75) is 12.8 Å². The summed E-state index contributed by atoms with van der Waals surface area (Å²) in [7, 11) is 0. The van der Waals surface area contributed by atoms with Crippen LogP contribution in [0.25, 0.3) is 6.08 Å². The Hall–Kier alpha value is -1.70. The number of hydrogen-bond donors (Lipinski definition) is 0. The molecule has 1 aliphatic rings. The number of rotatable bonds is 6. The Morgan fingerprint density at radius 2 is 2.00 bits per heavy atom. The molecule has 2 rings (SSSR count). The van der Waals surface area contributed by atoms with Crippen LogP contribution in [0.2, 0.25) is 0 Å². The van der Waals surface area contributed by atoms with Gasteiger partial charge < -0.3 is 9.47 Å². The lowest BCUT2D eigenvalue weighted by Gasteiger charge is -2.04. The second kappa shape index (κ2) is 4.69. The fourth-order valence-electron chi connectivity index (χ4n) is 1.30. The highest BCUT2D eigenvalue weighted by Gasteiger charge is 2.08. The third kappa shape index (κ3) is 3.17. The highest BCUT2D eigenvalue weighted by Crippen LogP contribution is 2.19. The van der Waals surface area contributed by atoms with Gasteiger partial charge in [0.25, 0.3) is 0 Å². The minimum absolute atomic E-state index is 0.730. The van der Waals surface area contributed by atoms with Crippen molar-refractivity contribution >= 4 is 6.08 Å². The molecule has 1 aromatic rings. The molecule has 0 amide bonds. The van der Waals surface area contributed by atoms with Crippen LogP contribution in [0.5, 0.6) is 5.75 Å². The lowest BCUT2D eigenvalue weighted by atomic mass is 10.2. The number of ether oxygens (including phenoxy) is 2. The third-order valence-corrected chi connectivity index (χ3v) is 2.24. The van der Waals surface area contributed by atoms with E-state index in [4.69, 9.17) is 9.47 Å². The molecule has 0 aromatic heterocycles. The van der Waals surface area contributed by atoms with Crippen molar-refractivity contribution in [2.75, 3.05) is 6.61 Å². The smallest absolute Gasteiger partial charge is 0.138 e. The Morgan fingerprint density at radius 1 is 1.27 bits per heavy atom. The van der Waals surface area contributed by atoms with E-state index in [-0.39, 0.29) is 0 Å². The van der Waals surface area contributed by atoms with E-state index in [1.54, 1.807) is 6.26 Å². The van der Waals surface area contributed by atoms with Gasteiger partial charge in [0, 0.05) is 6.42 Å². The zero-order chi connectivity index (χ0) is 10.5. The van der Waals surface area contributed by atoms with Crippen molar-refractivity contribution in [2.24, 2.45) is 0 Å². The summed E-state index contributed by atoms with van der Waals surface area (Å²) in [5.74, 6) is 1.99. The number of allylic oxidation sites excluding steroid dienone is 1. The summed E-state index contributed by atoms with van der Waals surface area (Å²) in [6.45, 7) is 4.43. The first-order chi connectivity index (χ1) is 7.38. The molecule has 0 N–H and O–H groups in total. The van der Waals surface area contributed by atoms with Crippen LogP contribution in [0.3, 0.4) is 0 Å². The quantitative estimate of drug-likeness (QED) is 0.660. The van der Waals surface area contributed by atoms with Crippen LogP contribution < -0.4 is 4.74 Å². The summed E-state index contributed by atoms with van der Waals surface area (Å²) in [5.41, 5.74) is 1.11. The Bertz CT molecular complexity index is 363. The lowest BCUT2D eigenvalue weighted by Crippen LogP contribution is -1.96. The summed E-state index contributed by atoms with van der Waals surface area (Å²) >= 11 is 0. The summed E-state index contributed by atoms with van der Waals surface area (Å²) < 4.78 is 10.5. The van der Waals surface area contributed by atoms with E-state index in [0.29, 0.717) is 0 Å². The fourth-order valence-corrected chi connectivity index (χ4v) is 1.30. The molecular formula is C13H14O2. The molecule has 1 aliphatic heterocycles. The van der Waals surface area contributed by atoms with Gasteiger partial charge >= 0.3 is 0 Å². The van der Waals surface area contributed by atoms with E-state index < -0.39 is 0 Å². The van der Waals surface area contributed by atoms with Crippen LogP contribution in [0.4, 0.5) is 0 Å². The Balaban J connectivity index is 1.72. The second-order valence-electron chi connectivity index (χ2n) is 3.43. The topological polar surface area (TPSA) is 21.8 Å². The van der Waals surface area contributed by atoms with E-state index in [2.05, 4.69) is 6.58 Å². The van der Waals surface area contributed by atoms with Crippen molar-refractivity contribution in [3.63, 3.8) is 0 Å². The van der Waals surface area contributed by atoms with E-state index >= 15 is 0 Å². The van der Waals surface area contributed by atoms with E-state index in [1.807, 2.05) is 30.3 Å². The molecule has 2 nitrogen and oxygen atoms in total.